The second-order valence-corrected chi connectivity index (χ2v) is 3.68. The molecule has 0 saturated heterocycles. The van der Waals surface area contributed by atoms with Crippen LogP contribution in [0, 0.1) is 13.8 Å². The van der Waals surface area contributed by atoms with Gasteiger partial charge in [-0.3, -0.25) is 9.48 Å². The predicted octanol–water partition coefficient (Wildman–Crippen LogP) is 2.59. The van der Waals surface area contributed by atoms with Crippen LogP contribution in [0.3, 0.4) is 0 Å². The molecule has 2 aromatic rings. The quantitative estimate of drug-likeness (QED) is 0.744. The molecule has 0 bridgehead atoms. The molecule has 0 radical (unpaired) electrons. The molecule has 4 heteroatoms. The molecule has 0 aliphatic heterocycles. The number of aromatic nitrogens is 2. The highest BCUT2D eigenvalue weighted by Gasteiger charge is 2.17. The molecular formula is C12H14N2O2. The van der Waals surface area contributed by atoms with Crippen LogP contribution in [0.4, 0.5) is 0 Å². The van der Waals surface area contributed by atoms with Gasteiger partial charge in [0.1, 0.15) is 0 Å². The van der Waals surface area contributed by atoms with E-state index in [4.69, 9.17) is 4.42 Å². The summed E-state index contributed by atoms with van der Waals surface area (Å²) in [6, 6.07) is 1.81. The van der Waals surface area contributed by atoms with Gasteiger partial charge in [0.2, 0.25) is 0 Å². The number of furan rings is 1. The van der Waals surface area contributed by atoms with Crippen molar-refractivity contribution < 1.29 is 9.21 Å². The summed E-state index contributed by atoms with van der Waals surface area (Å²) in [6.07, 6.45) is 2.26. The van der Waals surface area contributed by atoms with Crippen molar-refractivity contribution in [3.05, 3.63) is 29.5 Å². The van der Waals surface area contributed by atoms with E-state index in [1.807, 2.05) is 25.5 Å². The number of rotatable bonds is 3. The first-order valence-corrected chi connectivity index (χ1v) is 5.26. The molecule has 0 unspecified atom stereocenters. The Labute approximate surface area is 93.9 Å². The first-order valence-electron chi connectivity index (χ1n) is 5.26. The zero-order valence-electron chi connectivity index (χ0n) is 9.65. The fraction of sp³-hybridized carbons (Fsp3) is 0.333. The fourth-order valence-corrected chi connectivity index (χ4v) is 2.01. The second-order valence-electron chi connectivity index (χ2n) is 3.68. The van der Waals surface area contributed by atoms with Gasteiger partial charge >= 0.3 is 0 Å². The zero-order chi connectivity index (χ0) is 11.7. The molecule has 0 aliphatic rings. The van der Waals surface area contributed by atoms with Gasteiger partial charge in [-0.05, 0) is 26.8 Å². The number of hydrogen-bond donors (Lipinski definition) is 0. The molecule has 0 aliphatic carbocycles. The minimum atomic E-state index is 0.363. The van der Waals surface area contributed by atoms with Crippen LogP contribution in [-0.4, -0.2) is 16.1 Å². The van der Waals surface area contributed by atoms with Crippen LogP contribution in [0.2, 0.25) is 0 Å². The first-order chi connectivity index (χ1) is 7.69. The van der Waals surface area contributed by atoms with E-state index in [-0.39, 0.29) is 0 Å². The van der Waals surface area contributed by atoms with Crippen molar-refractivity contribution in [3.8, 4) is 11.1 Å². The van der Waals surface area contributed by atoms with Gasteiger partial charge in [0.05, 0.1) is 12.0 Å². The maximum atomic E-state index is 10.8. The van der Waals surface area contributed by atoms with Crippen LogP contribution < -0.4 is 0 Å². The van der Waals surface area contributed by atoms with Crippen LogP contribution in [0.25, 0.3) is 11.1 Å². The summed E-state index contributed by atoms with van der Waals surface area (Å²) in [4.78, 5) is 10.8. The smallest absolute Gasteiger partial charge is 0.185 e. The largest absolute Gasteiger partial charge is 0.461 e. The topological polar surface area (TPSA) is 48.0 Å². The summed E-state index contributed by atoms with van der Waals surface area (Å²) in [5, 5.41) is 4.42. The van der Waals surface area contributed by atoms with Crippen molar-refractivity contribution in [1.29, 1.82) is 0 Å². The van der Waals surface area contributed by atoms with E-state index in [0.717, 1.165) is 35.3 Å². The Morgan fingerprint density at radius 1 is 1.50 bits per heavy atom. The number of hydrogen-bond acceptors (Lipinski definition) is 3. The summed E-state index contributed by atoms with van der Waals surface area (Å²) < 4.78 is 7.04. The van der Waals surface area contributed by atoms with Crippen molar-refractivity contribution >= 4 is 6.29 Å². The van der Waals surface area contributed by atoms with Crippen molar-refractivity contribution in [3.63, 3.8) is 0 Å². The van der Waals surface area contributed by atoms with Gasteiger partial charge in [-0.2, -0.15) is 5.10 Å². The Kier molecular flexibility index (Phi) is 2.64. The molecule has 0 fully saturated rings. The van der Waals surface area contributed by atoms with Gasteiger partial charge < -0.3 is 4.42 Å². The zero-order valence-corrected chi connectivity index (χ0v) is 9.65. The Balaban J connectivity index is 2.64. The average molecular weight is 218 g/mol. The van der Waals surface area contributed by atoms with E-state index < -0.39 is 0 Å². The maximum Gasteiger partial charge on any atom is 0.185 e. The van der Waals surface area contributed by atoms with E-state index >= 15 is 0 Å². The van der Waals surface area contributed by atoms with E-state index in [1.165, 1.54) is 6.26 Å². The Hall–Kier alpha value is -1.84. The number of aldehydes is 1. The standard InChI is InChI=1S/C12H14N2O2/c1-4-14-9(3)12(8(2)13-14)10-5-6-16-11(10)7-15/h5-7H,4H2,1-3H3. The summed E-state index contributed by atoms with van der Waals surface area (Å²) in [7, 11) is 0. The predicted molar refractivity (Wildman–Crippen MR) is 60.5 cm³/mol. The van der Waals surface area contributed by atoms with Gasteiger partial charge in [-0.1, -0.05) is 0 Å². The van der Waals surface area contributed by atoms with Gasteiger partial charge in [-0.25, -0.2) is 0 Å². The van der Waals surface area contributed by atoms with Crippen molar-refractivity contribution in [1.82, 2.24) is 9.78 Å². The number of nitrogens with zero attached hydrogens (tertiary/aromatic N) is 2. The third-order valence-electron chi connectivity index (χ3n) is 2.75. The third-order valence-corrected chi connectivity index (χ3v) is 2.75. The number of carbonyl (C=O) groups is 1. The molecule has 0 saturated carbocycles. The second kappa shape index (κ2) is 3.96. The molecule has 16 heavy (non-hydrogen) atoms. The van der Waals surface area contributed by atoms with E-state index in [9.17, 15) is 4.79 Å². The summed E-state index contributed by atoms with van der Waals surface area (Å²) >= 11 is 0. The maximum absolute atomic E-state index is 10.8. The molecule has 0 spiro atoms. The Morgan fingerprint density at radius 3 is 2.81 bits per heavy atom. The van der Waals surface area contributed by atoms with Crippen LogP contribution >= 0.6 is 0 Å². The Bertz CT molecular complexity index is 523. The molecule has 84 valence electrons. The van der Waals surface area contributed by atoms with E-state index in [1.54, 1.807) is 6.07 Å². The van der Waals surface area contributed by atoms with Gasteiger partial charge in [0, 0.05) is 23.4 Å². The summed E-state index contributed by atoms with van der Waals surface area (Å²) in [5.74, 6) is 0.363. The van der Waals surface area contributed by atoms with Gasteiger partial charge in [-0.15, -0.1) is 0 Å². The summed E-state index contributed by atoms with van der Waals surface area (Å²) in [6.45, 7) is 6.80. The SMILES string of the molecule is CCn1nc(C)c(-c2ccoc2C=O)c1C. The minimum absolute atomic E-state index is 0.363. The van der Waals surface area contributed by atoms with E-state index in [0.29, 0.717) is 5.76 Å². The molecule has 4 nitrogen and oxygen atoms in total. The highest BCUT2D eigenvalue weighted by molar-refractivity contribution is 5.85. The monoisotopic (exact) mass is 218 g/mol. The lowest BCUT2D eigenvalue weighted by Crippen LogP contribution is -1.98. The van der Waals surface area contributed by atoms with Gasteiger partial charge in [0.15, 0.2) is 12.0 Å². The lowest BCUT2D eigenvalue weighted by Gasteiger charge is -2.01. The Morgan fingerprint density at radius 2 is 2.25 bits per heavy atom. The van der Waals surface area contributed by atoms with E-state index in [2.05, 4.69) is 5.10 Å². The van der Waals surface area contributed by atoms with Crippen LogP contribution in [-0.2, 0) is 6.54 Å². The first kappa shape index (κ1) is 10.7. The van der Waals surface area contributed by atoms with Crippen LogP contribution in [0.5, 0.6) is 0 Å². The molecule has 0 aromatic carbocycles. The highest BCUT2D eigenvalue weighted by Crippen LogP contribution is 2.29. The van der Waals surface area contributed by atoms with Crippen molar-refractivity contribution in [2.24, 2.45) is 0 Å². The molecular weight excluding hydrogens is 204 g/mol. The molecule has 0 N–H and O–H groups in total. The molecule has 2 rings (SSSR count). The summed E-state index contributed by atoms with van der Waals surface area (Å²) in [5.41, 5.74) is 3.80. The average Bonchev–Trinajstić information content (AvgIpc) is 2.83. The normalized spacial score (nSPS) is 10.7. The van der Waals surface area contributed by atoms with Gasteiger partial charge in [0.25, 0.3) is 0 Å². The molecule has 2 aromatic heterocycles. The highest BCUT2D eigenvalue weighted by atomic mass is 16.3. The van der Waals surface area contributed by atoms with Crippen LogP contribution in [0.1, 0.15) is 28.9 Å². The number of carbonyl (C=O) groups excluding carboxylic acids is 1. The number of aryl methyl sites for hydroxylation is 2. The minimum Gasteiger partial charge on any atom is -0.461 e. The third kappa shape index (κ3) is 1.46. The van der Waals surface area contributed by atoms with Crippen LogP contribution in [0.15, 0.2) is 16.7 Å². The molecule has 2 heterocycles. The molecule has 0 atom stereocenters. The van der Waals surface area contributed by atoms with Crippen molar-refractivity contribution in [2.45, 2.75) is 27.3 Å². The molecule has 0 amide bonds. The van der Waals surface area contributed by atoms with Crippen molar-refractivity contribution in [2.75, 3.05) is 0 Å². The fourth-order valence-electron chi connectivity index (χ4n) is 2.01. The lowest BCUT2D eigenvalue weighted by atomic mass is 10.1. The lowest BCUT2D eigenvalue weighted by molar-refractivity contribution is 0.110.